The molecule has 0 aliphatic heterocycles. The maximum Gasteiger partial charge on any atom is 0.291 e. The van der Waals surface area contributed by atoms with Crippen molar-refractivity contribution in [3.63, 3.8) is 0 Å². The van der Waals surface area contributed by atoms with Crippen molar-refractivity contribution in [1.82, 2.24) is 4.98 Å². The summed E-state index contributed by atoms with van der Waals surface area (Å²) >= 11 is 0. The van der Waals surface area contributed by atoms with Crippen molar-refractivity contribution in [2.24, 2.45) is 0 Å². The third-order valence-corrected chi connectivity index (χ3v) is 3.60. The molecule has 3 rings (SSSR count). The van der Waals surface area contributed by atoms with E-state index >= 15 is 0 Å². The Morgan fingerprint density at radius 2 is 2.05 bits per heavy atom. The number of benzene rings is 2. The number of aromatic amines is 1. The molecule has 0 aliphatic carbocycles. The number of rotatable bonds is 5. The number of anilines is 1. The van der Waals surface area contributed by atoms with Gasteiger partial charge in [0.25, 0.3) is 5.69 Å². The average molecular weight is 291 g/mol. The molecule has 2 N–H and O–H groups in total. The molecule has 0 atom stereocenters. The number of hydrogen-bond acceptors (Lipinski definition) is 3. The molecule has 0 fully saturated rings. The fourth-order valence-electron chi connectivity index (χ4n) is 2.52. The van der Waals surface area contributed by atoms with Crippen LogP contribution < -0.4 is 10.8 Å². The van der Waals surface area contributed by atoms with Gasteiger partial charge in [-0.1, -0.05) is 29.7 Å². The second-order valence-corrected chi connectivity index (χ2v) is 5.07. The molecule has 6 heteroatoms. The monoisotopic (exact) mass is 291 g/mol. The number of nitro benzene ring substituents is 1. The Hall–Kier alpha value is -2.76. The summed E-state index contributed by atoms with van der Waals surface area (Å²) in [6.45, 7) is 0.604. The van der Waals surface area contributed by atoms with Gasteiger partial charge in [0.05, 0.1) is 4.92 Å². The first kappa shape index (κ1) is 14.2. The summed E-state index contributed by atoms with van der Waals surface area (Å²) in [4.78, 5) is 13.8. The van der Waals surface area contributed by atoms with Crippen molar-refractivity contribution in [2.45, 2.75) is 6.42 Å². The third-order valence-electron chi connectivity index (χ3n) is 3.60. The summed E-state index contributed by atoms with van der Waals surface area (Å²) < 4.78 is 0. The molecule has 0 saturated heterocycles. The smallest absolute Gasteiger partial charge is 0.291 e. The second kappa shape index (κ2) is 5.93. The van der Waals surface area contributed by atoms with Crippen molar-refractivity contribution in [1.29, 1.82) is 0 Å². The summed E-state index contributed by atoms with van der Waals surface area (Å²) in [5.41, 5.74) is 3.14. The minimum absolute atomic E-state index is 0.000994. The molecule has 3 aromatic rings. The van der Waals surface area contributed by atoms with Gasteiger partial charge < -0.3 is 10.3 Å². The van der Waals surface area contributed by atoms with E-state index in [-0.39, 0.29) is 5.69 Å². The maximum atomic E-state index is 11.0. The van der Waals surface area contributed by atoms with Crippen LogP contribution in [0.4, 0.5) is 11.4 Å². The predicted octanol–water partition coefficient (Wildman–Crippen LogP) is 2.52. The van der Waals surface area contributed by atoms with Crippen molar-refractivity contribution in [3.8, 4) is 0 Å². The van der Waals surface area contributed by atoms with Crippen molar-refractivity contribution < 1.29 is 4.92 Å². The van der Waals surface area contributed by atoms with Crippen LogP contribution in [0.15, 0.2) is 48.7 Å². The van der Waals surface area contributed by atoms with E-state index in [1.165, 1.54) is 17.0 Å². The molecule has 0 unspecified atom stereocenters. The van der Waals surface area contributed by atoms with Crippen LogP contribution in [-0.2, 0) is 6.42 Å². The van der Waals surface area contributed by atoms with Gasteiger partial charge in [0.15, 0.2) is 0 Å². The van der Waals surface area contributed by atoms with Gasteiger partial charge in [-0.3, -0.25) is 10.1 Å². The van der Waals surface area contributed by atoms with Crippen molar-refractivity contribution >= 4 is 35.6 Å². The fraction of sp³-hybridized carbons (Fsp3) is 0.125. The minimum atomic E-state index is -0.426. The molecule has 0 bridgehead atoms. The summed E-state index contributed by atoms with van der Waals surface area (Å²) in [5, 5.41) is 15.3. The van der Waals surface area contributed by atoms with Gasteiger partial charge >= 0.3 is 0 Å². The molecule has 0 amide bonds. The Balaban J connectivity index is 1.72. The molecule has 2 radical (unpaired) electrons. The Morgan fingerprint density at radius 3 is 2.86 bits per heavy atom. The number of H-pyrrole nitrogens is 1. The lowest BCUT2D eigenvalue weighted by molar-refractivity contribution is -0.383. The lowest BCUT2D eigenvalue weighted by Crippen LogP contribution is -2.10. The Bertz CT molecular complexity index is 829. The highest BCUT2D eigenvalue weighted by molar-refractivity contribution is 6.32. The molecule has 108 valence electrons. The van der Waals surface area contributed by atoms with E-state index in [9.17, 15) is 10.1 Å². The van der Waals surface area contributed by atoms with Crippen LogP contribution in [0, 0.1) is 10.1 Å². The third kappa shape index (κ3) is 2.81. The second-order valence-electron chi connectivity index (χ2n) is 5.07. The van der Waals surface area contributed by atoms with Crippen molar-refractivity contribution in [3.05, 3.63) is 64.3 Å². The fourth-order valence-corrected chi connectivity index (χ4v) is 2.52. The van der Waals surface area contributed by atoms with Crippen LogP contribution in [0.5, 0.6) is 0 Å². The largest absolute Gasteiger partial charge is 0.379 e. The number of nitrogens with zero attached hydrogens (tertiary/aromatic N) is 1. The van der Waals surface area contributed by atoms with Crippen molar-refractivity contribution in [2.75, 3.05) is 11.9 Å². The van der Waals surface area contributed by atoms with Crippen LogP contribution in [0.3, 0.4) is 0 Å². The summed E-state index contributed by atoms with van der Waals surface area (Å²) in [6, 6.07) is 12.7. The molecule has 0 spiro atoms. The van der Waals surface area contributed by atoms with Crippen LogP contribution in [0.2, 0.25) is 0 Å². The molecule has 0 saturated carbocycles. The number of hydrogen-bond donors (Lipinski definition) is 2. The van der Waals surface area contributed by atoms with E-state index < -0.39 is 4.92 Å². The first-order valence-corrected chi connectivity index (χ1v) is 6.98. The Labute approximate surface area is 128 Å². The maximum absolute atomic E-state index is 11.0. The van der Waals surface area contributed by atoms with E-state index in [0.717, 1.165) is 11.9 Å². The van der Waals surface area contributed by atoms with E-state index in [1.807, 2.05) is 24.4 Å². The topological polar surface area (TPSA) is 71.0 Å². The quantitative estimate of drug-likeness (QED) is 0.431. The standard InChI is InChI=1S/C16H14BN3O2/c17-12-5-6-15(16(9-12)20(21)22)18-8-7-11-10-19-14-4-2-1-3-13(11)14/h1-6,9-10,18-19H,7-8H2. The zero-order chi connectivity index (χ0) is 15.5. The van der Waals surface area contributed by atoms with Gasteiger partial charge in [-0.15, -0.1) is 0 Å². The molecular formula is C16H14BN3O2. The highest BCUT2D eigenvalue weighted by Gasteiger charge is 2.13. The summed E-state index contributed by atoms with van der Waals surface area (Å²) in [7, 11) is 5.60. The number of nitrogens with one attached hydrogen (secondary N) is 2. The number of aromatic nitrogens is 1. The molecule has 22 heavy (non-hydrogen) atoms. The molecular weight excluding hydrogens is 277 g/mol. The highest BCUT2D eigenvalue weighted by atomic mass is 16.6. The van der Waals surface area contributed by atoms with Crippen LogP contribution in [0.1, 0.15) is 5.56 Å². The van der Waals surface area contributed by atoms with E-state index in [0.29, 0.717) is 17.7 Å². The van der Waals surface area contributed by atoms with Gasteiger partial charge in [-0.05, 0) is 24.1 Å². The Morgan fingerprint density at radius 1 is 1.23 bits per heavy atom. The van der Waals surface area contributed by atoms with Crippen LogP contribution >= 0.6 is 0 Å². The SMILES string of the molecule is [B]c1ccc(NCCc2c[nH]c3ccccc23)c([N+](=O)[O-])c1. The Kier molecular flexibility index (Phi) is 3.83. The van der Waals surface area contributed by atoms with Gasteiger partial charge in [-0.25, -0.2) is 0 Å². The minimum Gasteiger partial charge on any atom is -0.379 e. The van der Waals surface area contributed by atoms with Gasteiger partial charge in [0.2, 0.25) is 0 Å². The lowest BCUT2D eigenvalue weighted by atomic mass is 9.95. The molecule has 5 nitrogen and oxygen atoms in total. The zero-order valence-corrected chi connectivity index (χ0v) is 11.9. The molecule has 0 aliphatic rings. The zero-order valence-electron chi connectivity index (χ0n) is 11.9. The normalized spacial score (nSPS) is 10.7. The molecule has 1 heterocycles. The van der Waals surface area contributed by atoms with Crippen LogP contribution in [0.25, 0.3) is 10.9 Å². The lowest BCUT2D eigenvalue weighted by Gasteiger charge is -2.07. The first-order valence-electron chi connectivity index (χ1n) is 6.98. The van der Waals surface area contributed by atoms with Gasteiger partial charge in [0.1, 0.15) is 13.5 Å². The summed E-state index contributed by atoms with van der Waals surface area (Å²) in [6.07, 6.45) is 2.75. The van der Waals surface area contributed by atoms with E-state index in [1.54, 1.807) is 12.1 Å². The average Bonchev–Trinajstić information content (AvgIpc) is 2.92. The first-order chi connectivity index (χ1) is 10.6. The predicted molar refractivity (Wildman–Crippen MR) is 89.0 cm³/mol. The molecule has 1 aromatic heterocycles. The molecule has 2 aromatic carbocycles. The van der Waals surface area contributed by atoms with E-state index in [4.69, 9.17) is 7.85 Å². The number of fused-ring (bicyclic) bond motifs is 1. The number of para-hydroxylation sites is 1. The van der Waals surface area contributed by atoms with Crippen LogP contribution in [-0.4, -0.2) is 24.3 Å². The highest BCUT2D eigenvalue weighted by Crippen LogP contribution is 2.23. The summed E-state index contributed by atoms with van der Waals surface area (Å²) in [5.74, 6) is 0. The number of nitro groups is 1. The van der Waals surface area contributed by atoms with Gasteiger partial charge in [0, 0.05) is 29.7 Å². The van der Waals surface area contributed by atoms with Gasteiger partial charge in [-0.2, -0.15) is 0 Å². The van der Waals surface area contributed by atoms with E-state index in [2.05, 4.69) is 16.4 Å².